The lowest BCUT2D eigenvalue weighted by molar-refractivity contribution is 0.0277. The van der Waals surface area contributed by atoms with E-state index in [4.69, 9.17) is 16.3 Å². The minimum Gasteiger partial charge on any atom is -0.371 e. The van der Waals surface area contributed by atoms with Crippen molar-refractivity contribution in [1.29, 1.82) is 0 Å². The van der Waals surface area contributed by atoms with Gasteiger partial charge in [-0.05, 0) is 35.9 Å². The van der Waals surface area contributed by atoms with E-state index in [1.165, 1.54) is 0 Å². The predicted molar refractivity (Wildman–Crippen MR) is 99.3 cm³/mol. The number of halogens is 2. The van der Waals surface area contributed by atoms with E-state index in [2.05, 4.69) is 16.0 Å². The number of nitrogens with one attached hydrogen (secondary N) is 3. The summed E-state index contributed by atoms with van der Waals surface area (Å²) < 4.78 is 5.70. The summed E-state index contributed by atoms with van der Waals surface area (Å²) in [6.45, 7) is 2.41. The molecular weight excluding hydrogens is 349 g/mol. The minimum atomic E-state index is -0.310. The van der Waals surface area contributed by atoms with Crippen LogP contribution in [0.15, 0.2) is 48.5 Å². The fourth-order valence-electron chi connectivity index (χ4n) is 2.42. The molecule has 0 spiro atoms. The third-order valence-corrected chi connectivity index (χ3v) is 3.79. The minimum absolute atomic E-state index is 0. The van der Waals surface area contributed by atoms with Gasteiger partial charge < -0.3 is 20.7 Å². The molecule has 2 amide bonds. The molecule has 7 heteroatoms. The van der Waals surface area contributed by atoms with Gasteiger partial charge in [0, 0.05) is 29.5 Å². The molecule has 24 heavy (non-hydrogen) atoms. The molecule has 3 N–H and O–H groups in total. The first-order valence-corrected chi connectivity index (χ1v) is 7.84. The topological polar surface area (TPSA) is 62.4 Å². The van der Waals surface area contributed by atoms with E-state index in [1.807, 2.05) is 24.3 Å². The van der Waals surface area contributed by atoms with Gasteiger partial charge >= 0.3 is 6.03 Å². The number of morpholine rings is 1. The van der Waals surface area contributed by atoms with Gasteiger partial charge in [-0.3, -0.25) is 0 Å². The predicted octanol–water partition coefficient (Wildman–Crippen LogP) is 4.07. The average Bonchev–Trinajstić information content (AvgIpc) is 2.56. The monoisotopic (exact) mass is 367 g/mol. The summed E-state index contributed by atoms with van der Waals surface area (Å²) in [7, 11) is 0. The Morgan fingerprint density at radius 1 is 1.12 bits per heavy atom. The van der Waals surface area contributed by atoms with Crippen LogP contribution in [0.3, 0.4) is 0 Å². The number of anilines is 2. The molecule has 0 bridgehead atoms. The number of amides is 2. The van der Waals surface area contributed by atoms with Gasteiger partial charge in [-0.1, -0.05) is 29.8 Å². The lowest BCUT2D eigenvalue weighted by atomic mass is 10.1. The smallest absolute Gasteiger partial charge is 0.323 e. The molecule has 2 aromatic carbocycles. The summed E-state index contributed by atoms with van der Waals surface area (Å²) in [6.07, 6.45) is 0.0677. The number of hydrogen-bond donors (Lipinski definition) is 3. The van der Waals surface area contributed by atoms with Crippen LogP contribution >= 0.6 is 24.0 Å². The molecule has 0 radical (unpaired) electrons. The number of benzene rings is 2. The summed E-state index contributed by atoms with van der Waals surface area (Å²) in [5, 5.41) is 9.40. The zero-order valence-corrected chi connectivity index (χ0v) is 14.5. The molecule has 0 saturated carbocycles. The molecule has 1 aliphatic heterocycles. The maximum atomic E-state index is 12.0. The second-order valence-corrected chi connectivity index (χ2v) is 5.71. The van der Waals surface area contributed by atoms with Gasteiger partial charge in [-0.25, -0.2) is 4.79 Å². The third kappa shape index (κ3) is 5.11. The highest BCUT2D eigenvalue weighted by molar-refractivity contribution is 6.30. The van der Waals surface area contributed by atoms with Crippen LogP contribution in [0.5, 0.6) is 0 Å². The van der Waals surface area contributed by atoms with Gasteiger partial charge in [0.2, 0.25) is 0 Å². The van der Waals surface area contributed by atoms with Crippen molar-refractivity contribution in [3.63, 3.8) is 0 Å². The molecule has 128 valence electrons. The van der Waals surface area contributed by atoms with Crippen molar-refractivity contribution in [3.8, 4) is 0 Å². The molecule has 2 aromatic rings. The van der Waals surface area contributed by atoms with Gasteiger partial charge in [-0.2, -0.15) is 0 Å². The molecule has 1 unspecified atom stereocenters. The average molecular weight is 368 g/mol. The third-order valence-electron chi connectivity index (χ3n) is 3.55. The molecule has 1 atom stereocenters. The zero-order chi connectivity index (χ0) is 16.1. The van der Waals surface area contributed by atoms with E-state index in [0.717, 1.165) is 24.3 Å². The second kappa shape index (κ2) is 8.89. The number of rotatable bonds is 3. The molecule has 1 saturated heterocycles. The van der Waals surface area contributed by atoms with E-state index >= 15 is 0 Å². The Hall–Kier alpha value is -1.79. The number of carbonyl (C=O) groups excluding carboxylic acids is 1. The van der Waals surface area contributed by atoms with Gasteiger partial charge in [0.15, 0.2) is 0 Å². The maximum Gasteiger partial charge on any atom is 0.323 e. The maximum absolute atomic E-state index is 12.0. The standard InChI is InChI=1S/C17H18ClN3O2.ClH/c18-13-2-1-3-15(10-13)21-17(22)20-14-6-4-12(5-7-14)16-11-19-8-9-23-16;/h1-7,10,16,19H,8-9,11H2,(H2,20,21,22);1H. The van der Waals surface area contributed by atoms with Crippen molar-refractivity contribution < 1.29 is 9.53 Å². The fraction of sp³-hybridized carbons (Fsp3) is 0.235. The molecule has 5 nitrogen and oxygen atoms in total. The van der Waals surface area contributed by atoms with Crippen LogP contribution in [0.2, 0.25) is 5.02 Å². The van der Waals surface area contributed by atoms with Crippen molar-refractivity contribution >= 4 is 41.4 Å². The summed E-state index contributed by atoms with van der Waals surface area (Å²) in [5.41, 5.74) is 2.46. The Labute approximate surface area is 152 Å². The van der Waals surface area contributed by atoms with E-state index in [-0.39, 0.29) is 24.5 Å². The van der Waals surface area contributed by atoms with Crippen LogP contribution in [0, 0.1) is 0 Å². The van der Waals surface area contributed by atoms with Crippen molar-refractivity contribution in [2.24, 2.45) is 0 Å². The largest absolute Gasteiger partial charge is 0.371 e. The summed E-state index contributed by atoms with van der Waals surface area (Å²) in [4.78, 5) is 12.0. The van der Waals surface area contributed by atoms with Crippen molar-refractivity contribution in [2.75, 3.05) is 30.3 Å². The number of ether oxygens (including phenoxy) is 1. The van der Waals surface area contributed by atoms with Crippen LogP contribution in [0.1, 0.15) is 11.7 Å². The van der Waals surface area contributed by atoms with Gasteiger partial charge in [0.25, 0.3) is 0 Å². The van der Waals surface area contributed by atoms with E-state index < -0.39 is 0 Å². The van der Waals surface area contributed by atoms with Crippen LogP contribution in [0.25, 0.3) is 0 Å². The SMILES string of the molecule is Cl.O=C(Nc1ccc(C2CNCCO2)cc1)Nc1cccc(Cl)c1. The van der Waals surface area contributed by atoms with Crippen molar-refractivity contribution in [1.82, 2.24) is 5.32 Å². The first-order valence-electron chi connectivity index (χ1n) is 7.46. The molecule has 3 rings (SSSR count). The van der Waals surface area contributed by atoms with Crippen molar-refractivity contribution in [3.05, 3.63) is 59.1 Å². The van der Waals surface area contributed by atoms with Crippen LogP contribution in [-0.4, -0.2) is 25.7 Å². The summed E-state index contributed by atoms with van der Waals surface area (Å²) in [5.74, 6) is 0. The number of carbonyl (C=O) groups is 1. The van der Waals surface area contributed by atoms with Gasteiger partial charge in [0.05, 0.1) is 12.7 Å². The highest BCUT2D eigenvalue weighted by Gasteiger charge is 2.15. The van der Waals surface area contributed by atoms with Crippen LogP contribution < -0.4 is 16.0 Å². The zero-order valence-electron chi connectivity index (χ0n) is 12.9. The number of hydrogen-bond acceptors (Lipinski definition) is 3. The molecule has 1 heterocycles. The summed E-state index contributed by atoms with van der Waals surface area (Å²) >= 11 is 5.89. The second-order valence-electron chi connectivity index (χ2n) is 5.28. The van der Waals surface area contributed by atoms with E-state index in [9.17, 15) is 4.79 Å². The fourth-order valence-corrected chi connectivity index (χ4v) is 2.61. The Balaban J connectivity index is 0.00000208. The first-order chi connectivity index (χ1) is 11.2. The van der Waals surface area contributed by atoms with Gasteiger partial charge in [-0.15, -0.1) is 12.4 Å². The normalized spacial score (nSPS) is 16.8. The van der Waals surface area contributed by atoms with Crippen LogP contribution in [0.4, 0.5) is 16.2 Å². The summed E-state index contributed by atoms with van der Waals surface area (Å²) in [6, 6.07) is 14.4. The van der Waals surface area contributed by atoms with Gasteiger partial charge in [0.1, 0.15) is 0 Å². The lowest BCUT2D eigenvalue weighted by Crippen LogP contribution is -2.33. The Morgan fingerprint density at radius 2 is 1.88 bits per heavy atom. The lowest BCUT2D eigenvalue weighted by Gasteiger charge is -2.24. The molecule has 0 aromatic heterocycles. The molecule has 0 aliphatic carbocycles. The van der Waals surface area contributed by atoms with E-state index in [0.29, 0.717) is 17.3 Å². The number of urea groups is 1. The quantitative estimate of drug-likeness (QED) is 0.766. The van der Waals surface area contributed by atoms with E-state index in [1.54, 1.807) is 24.3 Å². The Bertz CT molecular complexity index is 674. The highest BCUT2D eigenvalue weighted by Crippen LogP contribution is 2.21. The molecule has 1 fully saturated rings. The Kier molecular flexibility index (Phi) is 6.87. The first kappa shape index (κ1) is 18.5. The highest BCUT2D eigenvalue weighted by atomic mass is 35.5. The molecule has 1 aliphatic rings. The van der Waals surface area contributed by atoms with Crippen molar-refractivity contribution in [2.45, 2.75) is 6.10 Å². The molecular formula is C17H19Cl2N3O2. The Morgan fingerprint density at radius 3 is 2.54 bits per heavy atom. The van der Waals surface area contributed by atoms with Crippen LogP contribution in [-0.2, 0) is 4.74 Å².